The second-order valence-electron chi connectivity index (χ2n) is 4.34. The van der Waals surface area contributed by atoms with E-state index in [9.17, 15) is 0 Å². The van der Waals surface area contributed by atoms with Crippen molar-refractivity contribution in [3.05, 3.63) is 0 Å². The molecule has 0 aromatic heterocycles. The van der Waals surface area contributed by atoms with Gasteiger partial charge in [0.15, 0.2) is 0 Å². The molecular formula is C12H24O. The summed E-state index contributed by atoms with van der Waals surface area (Å²) in [5.41, 5.74) is 0.658. The number of hydrogen-bond acceptors (Lipinski definition) is 1. The molecule has 1 heterocycles. The lowest BCUT2D eigenvalue weighted by molar-refractivity contribution is -0.136. The lowest BCUT2D eigenvalue weighted by atomic mass is 9.69. The molecule has 0 unspecified atom stereocenters. The lowest BCUT2D eigenvalue weighted by Crippen LogP contribution is -2.45. The average molecular weight is 184 g/mol. The van der Waals surface area contributed by atoms with E-state index in [-0.39, 0.29) is 0 Å². The van der Waals surface area contributed by atoms with E-state index < -0.39 is 0 Å². The van der Waals surface area contributed by atoms with Crippen molar-refractivity contribution in [1.29, 1.82) is 0 Å². The van der Waals surface area contributed by atoms with E-state index in [0.717, 1.165) is 19.1 Å². The molecule has 1 aliphatic carbocycles. The molecule has 2 fully saturated rings. The third kappa shape index (κ3) is 2.46. The summed E-state index contributed by atoms with van der Waals surface area (Å²) in [5.74, 6) is 1.03. The fourth-order valence-corrected chi connectivity index (χ4v) is 2.38. The molecule has 1 nitrogen and oxygen atoms in total. The smallest absolute Gasteiger partial charge is 0.0544 e. The highest BCUT2D eigenvalue weighted by molar-refractivity contribution is 4.89. The summed E-state index contributed by atoms with van der Waals surface area (Å²) in [5, 5.41) is 0. The monoisotopic (exact) mass is 184 g/mol. The Kier molecular flexibility index (Phi) is 4.24. The molecule has 0 radical (unpaired) electrons. The van der Waals surface area contributed by atoms with E-state index in [4.69, 9.17) is 4.74 Å². The molecule has 1 saturated heterocycles. The van der Waals surface area contributed by atoms with E-state index in [1.165, 1.54) is 32.1 Å². The van der Waals surface area contributed by atoms with Gasteiger partial charge >= 0.3 is 0 Å². The Hall–Kier alpha value is -0.0400. The van der Waals surface area contributed by atoms with Crippen LogP contribution in [0.1, 0.15) is 52.9 Å². The van der Waals surface area contributed by atoms with E-state index in [0.29, 0.717) is 5.41 Å². The zero-order valence-electron chi connectivity index (χ0n) is 9.44. The van der Waals surface area contributed by atoms with Gasteiger partial charge in [0, 0.05) is 5.41 Å². The normalized spacial score (nSPS) is 26.1. The van der Waals surface area contributed by atoms with E-state index in [1.807, 2.05) is 13.8 Å². The van der Waals surface area contributed by atoms with Gasteiger partial charge in [-0.1, -0.05) is 27.2 Å². The molecule has 78 valence electrons. The summed E-state index contributed by atoms with van der Waals surface area (Å²) in [6.07, 6.45) is 7.17. The van der Waals surface area contributed by atoms with Gasteiger partial charge in [0.2, 0.25) is 0 Å². The van der Waals surface area contributed by atoms with Crippen molar-refractivity contribution < 1.29 is 4.74 Å². The number of rotatable bonds is 1. The maximum absolute atomic E-state index is 5.28. The summed E-state index contributed by atoms with van der Waals surface area (Å²) in [6, 6.07) is 0. The van der Waals surface area contributed by atoms with Gasteiger partial charge in [-0.3, -0.25) is 0 Å². The Morgan fingerprint density at radius 1 is 1.15 bits per heavy atom. The van der Waals surface area contributed by atoms with Crippen molar-refractivity contribution in [2.45, 2.75) is 52.9 Å². The largest absolute Gasteiger partial charge is 0.380 e. The van der Waals surface area contributed by atoms with Crippen LogP contribution in [0.15, 0.2) is 0 Å². The van der Waals surface area contributed by atoms with Crippen LogP contribution in [-0.2, 0) is 4.74 Å². The first kappa shape index (κ1) is 11.0. The Morgan fingerprint density at radius 3 is 2.00 bits per heavy atom. The maximum atomic E-state index is 5.28. The Labute approximate surface area is 82.9 Å². The molecule has 1 aliphatic heterocycles. The molecule has 1 saturated carbocycles. The third-order valence-electron chi connectivity index (χ3n) is 3.56. The van der Waals surface area contributed by atoms with Crippen LogP contribution in [0.5, 0.6) is 0 Å². The van der Waals surface area contributed by atoms with Gasteiger partial charge in [0.1, 0.15) is 0 Å². The Balaban J connectivity index is 0.000000396. The van der Waals surface area contributed by atoms with Gasteiger partial charge in [-0.15, -0.1) is 0 Å². The predicted molar refractivity (Wildman–Crippen MR) is 56.8 cm³/mol. The van der Waals surface area contributed by atoms with Gasteiger partial charge in [0.25, 0.3) is 0 Å². The standard InChI is InChI=1S/C10H18O.C2H6/c1-2-9-3-5-10(6-4-9)7-11-8-10;1-2/h9H,2-8H2,1H3;1-2H3. The third-order valence-corrected chi connectivity index (χ3v) is 3.56. The van der Waals surface area contributed by atoms with Gasteiger partial charge in [0.05, 0.1) is 13.2 Å². The van der Waals surface area contributed by atoms with Crippen LogP contribution < -0.4 is 0 Å². The molecule has 2 rings (SSSR count). The maximum Gasteiger partial charge on any atom is 0.0544 e. The highest BCUT2D eigenvalue weighted by atomic mass is 16.5. The van der Waals surface area contributed by atoms with Crippen LogP contribution in [0, 0.1) is 11.3 Å². The first-order chi connectivity index (χ1) is 6.35. The summed E-state index contributed by atoms with van der Waals surface area (Å²) >= 11 is 0. The molecule has 0 amide bonds. The minimum absolute atomic E-state index is 0.658. The zero-order chi connectivity index (χ0) is 9.73. The quantitative estimate of drug-likeness (QED) is 0.604. The summed E-state index contributed by atoms with van der Waals surface area (Å²) in [7, 11) is 0. The topological polar surface area (TPSA) is 9.23 Å². The fraction of sp³-hybridized carbons (Fsp3) is 1.00. The fourth-order valence-electron chi connectivity index (χ4n) is 2.38. The summed E-state index contributed by atoms with van der Waals surface area (Å²) in [6.45, 7) is 8.44. The highest BCUT2D eigenvalue weighted by Gasteiger charge is 2.40. The van der Waals surface area contributed by atoms with Gasteiger partial charge in [-0.25, -0.2) is 0 Å². The highest BCUT2D eigenvalue weighted by Crippen LogP contribution is 2.44. The second-order valence-corrected chi connectivity index (χ2v) is 4.34. The minimum atomic E-state index is 0.658. The average Bonchev–Trinajstić information content (AvgIpc) is 2.19. The molecule has 1 spiro atoms. The first-order valence-electron chi connectivity index (χ1n) is 5.92. The Morgan fingerprint density at radius 2 is 1.69 bits per heavy atom. The van der Waals surface area contributed by atoms with Crippen molar-refractivity contribution in [3.8, 4) is 0 Å². The van der Waals surface area contributed by atoms with Crippen LogP contribution in [0.4, 0.5) is 0 Å². The van der Waals surface area contributed by atoms with Crippen molar-refractivity contribution in [2.75, 3.05) is 13.2 Å². The zero-order valence-corrected chi connectivity index (χ0v) is 9.44. The van der Waals surface area contributed by atoms with E-state index >= 15 is 0 Å². The van der Waals surface area contributed by atoms with Crippen LogP contribution >= 0.6 is 0 Å². The molecular weight excluding hydrogens is 160 g/mol. The van der Waals surface area contributed by atoms with Crippen LogP contribution in [0.2, 0.25) is 0 Å². The van der Waals surface area contributed by atoms with Crippen molar-refractivity contribution in [1.82, 2.24) is 0 Å². The molecule has 1 heteroatoms. The van der Waals surface area contributed by atoms with Gasteiger partial charge < -0.3 is 4.74 Å². The van der Waals surface area contributed by atoms with Crippen molar-refractivity contribution >= 4 is 0 Å². The summed E-state index contributed by atoms with van der Waals surface area (Å²) < 4.78 is 5.28. The second kappa shape index (κ2) is 4.99. The molecule has 0 bridgehead atoms. The molecule has 0 N–H and O–H groups in total. The van der Waals surface area contributed by atoms with Crippen LogP contribution in [0.3, 0.4) is 0 Å². The van der Waals surface area contributed by atoms with E-state index in [2.05, 4.69) is 6.92 Å². The SMILES string of the molecule is CC.CCC1CCC2(CC1)COC2. The predicted octanol–water partition coefficient (Wildman–Crippen LogP) is 3.63. The summed E-state index contributed by atoms with van der Waals surface area (Å²) in [4.78, 5) is 0. The van der Waals surface area contributed by atoms with Crippen molar-refractivity contribution in [3.63, 3.8) is 0 Å². The molecule has 0 aromatic rings. The van der Waals surface area contributed by atoms with Gasteiger partial charge in [-0.05, 0) is 31.6 Å². The van der Waals surface area contributed by atoms with Gasteiger partial charge in [-0.2, -0.15) is 0 Å². The van der Waals surface area contributed by atoms with Crippen molar-refractivity contribution in [2.24, 2.45) is 11.3 Å². The molecule has 2 aliphatic rings. The molecule has 0 atom stereocenters. The minimum Gasteiger partial charge on any atom is -0.380 e. The van der Waals surface area contributed by atoms with Crippen LogP contribution in [0.25, 0.3) is 0 Å². The Bertz CT molecular complexity index is 128. The van der Waals surface area contributed by atoms with Crippen LogP contribution in [-0.4, -0.2) is 13.2 Å². The first-order valence-corrected chi connectivity index (χ1v) is 5.92. The molecule has 0 aromatic carbocycles. The number of hydrogen-bond donors (Lipinski definition) is 0. The molecule has 13 heavy (non-hydrogen) atoms. The lowest BCUT2D eigenvalue weighted by Gasteiger charge is -2.46. The number of ether oxygens (including phenoxy) is 1. The van der Waals surface area contributed by atoms with E-state index in [1.54, 1.807) is 0 Å².